The van der Waals surface area contributed by atoms with Crippen LogP contribution < -0.4 is 4.74 Å². The lowest BCUT2D eigenvalue weighted by molar-refractivity contribution is 0.303. The first-order valence-electron chi connectivity index (χ1n) is 8.40. The summed E-state index contributed by atoms with van der Waals surface area (Å²) in [6, 6.07) is 16.3. The maximum absolute atomic E-state index is 13.4. The Morgan fingerprint density at radius 3 is 2.59 bits per heavy atom. The highest BCUT2D eigenvalue weighted by Gasteiger charge is 2.10. The third-order valence-corrected chi connectivity index (χ3v) is 5.27. The van der Waals surface area contributed by atoms with E-state index in [2.05, 4.69) is 56.8 Å². The fourth-order valence-corrected chi connectivity index (χ4v) is 4.00. The van der Waals surface area contributed by atoms with Gasteiger partial charge in [0.15, 0.2) is 0 Å². The summed E-state index contributed by atoms with van der Waals surface area (Å²) in [5, 5.41) is 0. The van der Waals surface area contributed by atoms with Crippen LogP contribution in [-0.2, 0) is 6.61 Å². The molecular weight excluding hydrogens is 473 g/mol. The molecule has 5 heteroatoms. The molecule has 0 N–H and O–H groups in total. The third-order valence-electron chi connectivity index (χ3n) is 4.23. The van der Waals surface area contributed by atoms with Crippen LogP contribution in [0.25, 0.3) is 0 Å². The predicted molar refractivity (Wildman–Crippen MR) is 116 cm³/mol. The number of benzene rings is 3. The maximum atomic E-state index is 13.4. The topological polar surface area (TPSA) is 21.6 Å². The van der Waals surface area contributed by atoms with Gasteiger partial charge in [0.1, 0.15) is 18.2 Å². The second-order valence-corrected chi connectivity index (χ2v) is 7.97. The minimum absolute atomic E-state index is 0.266. The Balaban J connectivity index is 1.90. The van der Waals surface area contributed by atoms with E-state index in [9.17, 15) is 4.39 Å². The van der Waals surface area contributed by atoms with E-state index in [1.54, 1.807) is 12.3 Å². The Labute approximate surface area is 175 Å². The van der Waals surface area contributed by atoms with Crippen LogP contribution in [0.3, 0.4) is 0 Å². The number of hydrogen-bond acceptors (Lipinski definition) is 2. The fraction of sp³-hybridized carbons (Fsp3) is 0.136. The van der Waals surface area contributed by atoms with Crippen LogP contribution in [0.4, 0.5) is 10.1 Å². The number of ether oxygens (including phenoxy) is 1. The number of aryl methyl sites for hydroxylation is 1. The molecule has 3 aromatic carbocycles. The molecule has 0 fully saturated rings. The van der Waals surface area contributed by atoms with Crippen molar-refractivity contribution in [1.82, 2.24) is 0 Å². The molecule has 0 saturated heterocycles. The van der Waals surface area contributed by atoms with Crippen LogP contribution in [0.1, 0.15) is 22.3 Å². The SMILES string of the molecule is Cc1cccc(N=Cc2cc(Br)cc(Br)c2OCc2cccc(F)c2)c1C. The van der Waals surface area contributed by atoms with Gasteiger partial charge in [-0.2, -0.15) is 0 Å². The van der Waals surface area contributed by atoms with Crippen LogP contribution in [0.5, 0.6) is 5.75 Å². The van der Waals surface area contributed by atoms with E-state index in [4.69, 9.17) is 4.74 Å². The molecule has 0 aliphatic rings. The number of hydrogen-bond donors (Lipinski definition) is 0. The van der Waals surface area contributed by atoms with Crippen molar-refractivity contribution in [3.8, 4) is 5.75 Å². The molecule has 2 nitrogen and oxygen atoms in total. The smallest absolute Gasteiger partial charge is 0.142 e. The fourth-order valence-electron chi connectivity index (χ4n) is 2.63. The molecule has 138 valence electrons. The molecule has 0 aliphatic carbocycles. The molecule has 0 radical (unpaired) electrons. The van der Waals surface area contributed by atoms with Gasteiger partial charge in [-0.15, -0.1) is 0 Å². The molecule has 3 rings (SSSR count). The predicted octanol–water partition coefficient (Wildman–Crippen LogP) is 7.30. The van der Waals surface area contributed by atoms with Crippen molar-refractivity contribution in [3.63, 3.8) is 0 Å². The Bertz CT molecular complexity index is 1000. The van der Waals surface area contributed by atoms with Gasteiger partial charge in [-0.1, -0.05) is 40.2 Å². The summed E-state index contributed by atoms with van der Waals surface area (Å²) in [7, 11) is 0. The van der Waals surface area contributed by atoms with Crippen molar-refractivity contribution in [1.29, 1.82) is 0 Å². The van der Waals surface area contributed by atoms with Gasteiger partial charge in [0.05, 0.1) is 10.2 Å². The molecule has 27 heavy (non-hydrogen) atoms. The zero-order valence-electron chi connectivity index (χ0n) is 15.0. The van der Waals surface area contributed by atoms with Crippen LogP contribution in [-0.4, -0.2) is 6.21 Å². The summed E-state index contributed by atoms with van der Waals surface area (Å²) in [6.45, 7) is 4.39. The van der Waals surface area contributed by atoms with Crippen molar-refractivity contribution in [2.75, 3.05) is 0 Å². The summed E-state index contributed by atoms with van der Waals surface area (Å²) < 4.78 is 21.1. The molecule has 0 amide bonds. The number of aliphatic imine (C=N–C) groups is 1. The Hall–Kier alpha value is -1.98. The molecule has 0 atom stereocenters. The average molecular weight is 491 g/mol. The van der Waals surface area contributed by atoms with Gasteiger partial charge in [0, 0.05) is 16.3 Å². The lowest BCUT2D eigenvalue weighted by Gasteiger charge is -2.12. The molecule has 0 saturated carbocycles. The Kier molecular flexibility index (Phi) is 6.45. The van der Waals surface area contributed by atoms with E-state index < -0.39 is 0 Å². The monoisotopic (exact) mass is 489 g/mol. The highest BCUT2D eigenvalue weighted by atomic mass is 79.9. The van der Waals surface area contributed by atoms with Crippen molar-refractivity contribution in [3.05, 3.63) is 91.6 Å². The van der Waals surface area contributed by atoms with E-state index in [1.165, 1.54) is 17.7 Å². The minimum Gasteiger partial charge on any atom is -0.487 e. The van der Waals surface area contributed by atoms with Gasteiger partial charge in [-0.3, -0.25) is 4.99 Å². The average Bonchev–Trinajstić information content (AvgIpc) is 2.62. The number of rotatable bonds is 5. The first-order chi connectivity index (χ1) is 12.9. The van der Waals surface area contributed by atoms with Crippen LogP contribution in [0.15, 0.2) is 68.5 Å². The summed E-state index contributed by atoms with van der Waals surface area (Å²) in [6.07, 6.45) is 1.79. The summed E-state index contributed by atoms with van der Waals surface area (Å²) in [4.78, 5) is 4.64. The standard InChI is InChI=1S/C22H18Br2FNO/c1-14-5-3-8-21(15(14)2)26-12-17-10-18(23)11-20(24)22(17)27-13-16-6-4-7-19(25)9-16/h3-12H,13H2,1-2H3. The summed E-state index contributed by atoms with van der Waals surface area (Å²) >= 11 is 7.06. The first kappa shape index (κ1) is 19.8. The molecule has 0 aromatic heterocycles. The Morgan fingerprint density at radius 2 is 1.81 bits per heavy atom. The van der Waals surface area contributed by atoms with Crippen molar-refractivity contribution in [2.45, 2.75) is 20.5 Å². The lowest BCUT2D eigenvalue weighted by Crippen LogP contribution is -2.00. The van der Waals surface area contributed by atoms with Gasteiger partial charge >= 0.3 is 0 Å². The maximum Gasteiger partial charge on any atom is 0.142 e. The van der Waals surface area contributed by atoms with Crippen molar-refractivity contribution in [2.24, 2.45) is 4.99 Å². The molecule has 0 unspecified atom stereocenters. The van der Waals surface area contributed by atoms with Gasteiger partial charge in [-0.25, -0.2) is 4.39 Å². The normalized spacial score (nSPS) is 11.1. The molecule has 0 spiro atoms. The second kappa shape index (κ2) is 8.81. The largest absolute Gasteiger partial charge is 0.487 e. The minimum atomic E-state index is -0.275. The third kappa shape index (κ3) is 5.05. The molecule has 0 heterocycles. The first-order valence-corrected chi connectivity index (χ1v) is 9.99. The number of nitrogens with zero attached hydrogens (tertiary/aromatic N) is 1. The van der Waals surface area contributed by atoms with E-state index in [-0.39, 0.29) is 12.4 Å². The van der Waals surface area contributed by atoms with Gasteiger partial charge in [-0.05, 0) is 76.8 Å². The Morgan fingerprint density at radius 1 is 1.04 bits per heavy atom. The van der Waals surface area contributed by atoms with Crippen molar-refractivity contribution < 1.29 is 9.13 Å². The van der Waals surface area contributed by atoms with Crippen LogP contribution in [0.2, 0.25) is 0 Å². The molecule has 0 aliphatic heterocycles. The van der Waals surface area contributed by atoms with Gasteiger partial charge in [0.2, 0.25) is 0 Å². The zero-order chi connectivity index (χ0) is 19.4. The van der Waals surface area contributed by atoms with E-state index >= 15 is 0 Å². The zero-order valence-corrected chi connectivity index (χ0v) is 18.1. The summed E-state index contributed by atoms with van der Waals surface area (Å²) in [5.74, 6) is 0.388. The van der Waals surface area contributed by atoms with Crippen LogP contribution >= 0.6 is 31.9 Å². The highest BCUT2D eigenvalue weighted by Crippen LogP contribution is 2.33. The number of halogens is 3. The molecular formula is C22H18Br2FNO. The molecule has 3 aromatic rings. The van der Waals surface area contributed by atoms with Gasteiger partial charge < -0.3 is 4.74 Å². The van der Waals surface area contributed by atoms with Crippen molar-refractivity contribution >= 4 is 43.8 Å². The summed E-state index contributed by atoms with van der Waals surface area (Å²) in [5.41, 5.74) is 4.85. The lowest BCUT2D eigenvalue weighted by atomic mass is 10.1. The van der Waals surface area contributed by atoms with Crippen LogP contribution in [0, 0.1) is 19.7 Å². The van der Waals surface area contributed by atoms with E-state index in [0.29, 0.717) is 5.75 Å². The van der Waals surface area contributed by atoms with E-state index in [0.717, 1.165) is 31.3 Å². The van der Waals surface area contributed by atoms with Gasteiger partial charge in [0.25, 0.3) is 0 Å². The molecule has 0 bridgehead atoms. The highest BCUT2D eigenvalue weighted by molar-refractivity contribution is 9.11. The van der Waals surface area contributed by atoms with E-state index in [1.807, 2.05) is 30.3 Å². The second-order valence-electron chi connectivity index (χ2n) is 6.20. The quantitative estimate of drug-likeness (QED) is 0.344.